The Balaban J connectivity index is 2.17. The molecule has 0 aliphatic carbocycles. The van der Waals surface area contributed by atoms with Gasteiger partial charge in [0.1, 0.15) is 0 Å². The van der Waals surface area contributed by atoms with E-state index in [1.807, 2.05) is 18.2 Å². The molecule has 2 aromatic rings. The summed E-state index contributed by atoms with van der Waals surface area (Å²) in [6.45, 7) is 2.08. The molecule has 0 aliphatic rings. The van der Waals surface area contributed by atoms with Crippen molar-refractivity contribution < 1.29 is 5.11 Å². The summed E-state index contributed by atoms with van der Waals surface area (Å²) in [5.41, 5.74) is 7.20. The minimum atomic E-state index is 0.135. The van der Waals surface area contributed by atoms with Gasteiger partial charge in [-0.25, -0.2) is 0 Å². The molecule has 0 spiro atoms. The Hall–Kier alpha value is -0.720. The van der Waals surface area contributed by atoms with E-state index in [1.54, 1.807) is 11.3 Å². The average Bonchev–Trinajstić information content (AvgIpc) is 2.87. The number of aliphatic hydroxyl groups is 1. The van der Waals surface area contributed by atoms with Crippen LogP contribution in [-0.4, -0.2) is 29.7 Å². The third-order valence-electron chi connectivity index (χ3n) is 3.20. The maximum atomic E-state index is 9.32. The Morgan fingerprint density at radius 1 is 1.30 bits per heavy atom. The molecule has 0 saturated carbocycles. The van der Waals surface area contributed by atoms with Gasteiger partial charge in [-0.15, -0.1) is 11.3 Å². The second-order valence-corrected chi connectivity index (χ2v) is 6.46. The lowest BCUT2D eigenvalue weighted by Gasteiger charge is -2.29. The second kappa shape index (κ2) is 7.90. The Labute approximate surface area is 132 Å². The largest absolute Gasteiger partial charge is 0.395 e. The smallest absolute Gasteiger partial charge is 0.0568 e. The summed E-state index contributed by atoms with van der Waals surface area (Å²) in [5.74, 6) is 0. The molecule has 0 amide bonds. The summed E-state index contributed by atoms with van der Waals surface area (Å²) in [7, 11) is 0. The highest BCUT2D eigenvalue weighted by Crippen LogP contribution is 2.29. The zero-order valence-electron chi connectivity index (χ0n) is 11.2. The van der Waals surface area contributed by atoms with Crippen molar-refractivity contribution in [2.45, 2.75) is 12.6 Å². The lowest BCUT2D eigenvalue weighted by atomic mass is 10.1. The first-order valence-electron chi connectivity index (χ1n) is 6.57. The molecule has 3 N–H and O–H groups in total. The highest BCUT2D eigenvalue weighted by Gasteiger charge is 2.20. The van der Waals surface area contributed by atoms with Gasteiger partial charge in [0.15, 0.2) is 0 Å². The van der Waals surface area contributed by atoms with Gasteiger partial charge in [-0.3, -0.25) is 4.90 Å². The molecule has 1 aromatic carbocycles. The maximum Gasteiger partial charge on any atom is 0.0568 e. The predicted molar refractivity (Wildman–Crippen MR) is 87.8 cm³/mol. The number of hydrogen-bond acceptors (Lipinski definition) is 4. The summed E-state index contributed by atoms with van der Waals surface area (Å²) < 4.78 is 1.08. The molecule has 0 radical (unpaired) electrons. The van der Waals surface area contributed by atoms with E-state index >= 15 is 0 Å². The molecule has 0 aliphatic heterocycles. The van der Waals surface area contributed by atoms with Crippen molar-refractivity contribution in [3.05, 3.63) is 56.7 Å². The van der Waals surface area contributed by atoms with Crippen LogP contribution in [0.1, 0.15) is 16.5 Å². The van der Waals surface area contributed by atoms with Gasteiger partial charge in [0.2, 0.25) is 0 Å². The first kappa shape index (κ1) is 15.7. The molecule has 2 rings (SSSR count). The van der Waals surface area contributed by atoms with E-state index in [-0.39, 0.29) is 12.6 Å². The average molecular weight is 355 g/mol. The first-order valence-corrected chi connectivity index (χ1v) is 8.24. The molecule has 0 saturated heterocycles. The monoisotopic (exact) mass is 354 g/mol. The fourth-order valence-corrected chi connectivity index (χ4v) is 3.83. The van der Waals surface area contributed by atoms with E-state index in [0.29, 0.717) is 13.1 Å². The molecule has 20 heavy (non-hydrogen) atoms. The van der Waals surface area contributed by atoms with Gasteiger partial charge >= 0.3 is 0 Å². The molecular formula is C15H19BrN2OS. The number of hydrogen-bond donors (Lipinski definition) is 2. The van der Waals surface area contributed by atoms with Crippen LogP contribution in [0.4, 0.5) is 0 Å². The molecule has 0 fully saturated rings. The Bertz CT molecular complexity index is 518. The van der Waals surface area contributed by atoms with Gasteiger partial charge in [-0.1, -0.05) is 30.3 Å². The van der Waals surface area contributed by atoms with Crippen molar-refractivity contribution >= 4 is 27.3 Å². The van der Waals surface area contributed by atoms with Gasteiger partial charge in [-0.05, 0) is 27.6 Å². The van der Waals surface area contributed by atoms with Crippen molar-refractivity contribution in [3.8, 4) is 0 Å². The summed E-state index contributed by atoms with van der Waals surface area (Å²) >= 11 is 5.18. The van der Waals surface area contributed by atoms with E-state index in [1.165, 1.54) is 10.4 Å². The standard InChI is InChI=1S/C15H19BrN2OS/c16-13-8-15(20-11-13)14(9-17)18(6-7-19)10-12-4-2-1-3-5-12/h1-5,8,11,14,19H,6-7,9-10,17H2. The number of benzene rings is 1. The van der Waals surface area contributed by atoms with E-state index in [4.69, 9.17) is 5.73 Å². The predicted octanol–water partition coefficient (Wildman–Crippen LogP) is 3.00. The van der Waals surface area contributed by atoms with Crippen molar-refractivity contribution in [1.29, 1.82) is 0 Å². The third kappa shape index (κ3) is 4.14. The van der Waals surface area contributed by atoms with Crippen LogP contribution < -0.4 is 5.73 Å². The molecule has 5 heteroatoms. The summed E-state index contributed by atoms with van der Waals surface area (Å²) in [5, 5.41) is 11.4. The van der Waals surface area contributed by atoms with Crippen LogP contribution in [0.25, 0.3) is 0 Å². The summed E-state index contributed by atoms with van der Waals surface area (Å²) in [6, 6.07) is 12.5. The van der Waals surface area contributed by atoms with Crippen LogP contribution in [0.2, 0.25) is 0 Å². The van der Waals surface area contributed by atoms with E-state index in [0.717, 1.165) is 11.0 Å². The molecule has 1 atom stereocenters. The zero-order chi connectivity index (χ0) is 14.4. The van der Waals surface area contributed by atoms with E-state index in [9.17, 15) is 5.11 Å². The molecule has 0 bridgehead atoms. The fourth-order valence-electron chi connectivity index (χ4n) is 2.24. The Kier molecular flexibility index (Phi) is 6.19. The lowest BCUT2D eigenvalue weighted by molar-refractivity contribution is 0.148. The number of rotatable bonds is 7. The minimum absolute atomic E-state index is 0.135. The maximum absolute atomic E-state index is 9.32. The van der Waals surface area contributed by atoms with Crippen LogP contribution in [-0.2, 0) is 6.54 Å². The van der Waals surface area contributed by atoms with Gasteiger partial charge in [-0.2, -0.15) is 0 Å². The van der Waals surface area contributed by atoms with Crippen LogP contribution in [0, 0.1) is 0 Å². The van der Waals surface area contributed by atoms with Gasteiger partial charge in [0.05, 0.1) is 12.6 Å². The fraction of sp³-hybridized carbons (Fsp3) is 0.333. The first-order chi connectivity index (χ1) is 9.74. The molecule has 1 aromatic heterocycles. The minimum Gasteiger partial charge on any atom is -0.395 e. The Morgan fingerprint density at radius 3 is 2.60 bits per heavy atom. The van der Waals surface area contributed by atoms with Crippen LogP contribution >= 0.6 is 27.3 Å². The van der Waals surface area contributed by atoms with Gasteiger partial charge in [0, 0.05) is 34.4 Å². The highest BCUT2D eigenvalue weighted by atomic mass is 79.9. The van der Waals surface area contributed by atoms with Crippen LogP contribution in [0.3, 0.4) is 0 Å². The third-order valence-corrected chi connectivity index (χ3v) is 4.99. The molecule has 1 unspecified atom stereocenters. The SMILES string of the molecule is NCC(c1cc(Br)cs1)N(CCO)Cc1ccccc1. The topological polar surface area (TPSA) is 49.5 Å². The van der Waals surface area contributed by atoms with E-state index in [2.05, 4.69) is 44.4 Å². The van der Waals surface area contributed by atoms with Crippen molar-refractivity contribution in [3.63, 3.8) is 0 Å². The van der Waals surface area contributed by atoms with Gasteiger partial charge in [0.25, 0.3) is 0 Å². The summed E-state index contributed by atoms with van der Waals surface area (Å²) in [6.07, 6.45) is 0. The highest BCUT2D eigenvalue weighted by molar-refractivity contribution is 9.10. The van der Waals surface area contributed by atoms with Gasteiger partial charge < -0.3 is 10.8 Å². The Morgan fingerprint density at radius 2 is 2.05 bits per heavy atom. The quantitative estimate of drug-likeness (QED) is 0.803. The molecule has 3 nitrogen and oxygen atoms in total. The molecule has 108 valence electrons. The van der Waals surface area contributed by atoms with Crippen molar-refractivity contribution in [1.82, 2.24) is 4.90 Å². The lowest BCUT2D eigenvalue weighted by Crippen LogP contribution is -2.35. The number of nitrogens with zero attached hydrogens (tertiary/aromatic N) is 1. The summed E-state index contributed by atoms with van der Waals surface area (Å²) in [4.78, 5) is 3.46. The van der Waals surface area contributed by atoms with Crippen molar-refractivity contribution in [2.24, 2.45) is 5.73 Å². The number of thiophene rings is 1. The second-order valence-electron chi connectivity index (χ2n) is 4.60. The normalized spacial score (nSPS) is 12.8. The van der Waals surface area contributed by atoms with Crippen LogP contribution in [0.15, 0.2) is 46.3 Å². The molecular weight excluding hydrogens is 336 g/mol. The number of halogens is 1. The van der Waals surface area contributed by atoms with E-state index < -0.39 is 0 Å². The number of nitrogens with two attached hydrogens (primary N) is 1. The zero-order valence-corrected chi connectivity index (χ0v) is 13.6. The molecule has 1 heterocycles. The number of aliphatic hydroxyl groups excluding tert-OH is 1. The van der Waals surface area contributed by atoms with Crippen LogP contribution in [0.5, 0.6) is 0 Å². The van der Waals surface area contributed by atoms with Crippen molar-refractivity contribution in [2.75, 3.05) is 19.7 Å².